The first-order valence-electron chi connectivity index (χ1n) is 6.95. The van der Waals surface area contributed by atoms with Crippen LogP contribution in [0.4, 0.5) is 5.69 Å². The minimum atomic E-state index is -4.67. The molecule has 0 saturated heterocycles. The van der Waals surface area contributed by atoms with Gasteiger partial charge in [0, 0.05) is 23.4 Å². The molecule has 0 saturated carbocycles. The molecule has 0 aliphatic heterocycles. The van der Waals surface area contributed by atoms with Gasteiger partial charge in [0.15, 0.2) is 0 Å². The van der Waals surface area contributed by atoms with Crippen LogP contribution in [0.2, 0.25) is 0 Å². The zero-order chi connectivity index (χ0) is 18.2. The van der Waals surface area contributed by atoms with Crippen molar-refractivity contribution in [3.63, 3.8) is 0 Å². The molecule has 1 heterocycles. The first kappa shape index (κ1) is 16.8. The number of hydrogen-bond acceptors (Lipinski definition) is 7. The number of rotatable bonds is 4. The van der Waals surface area contributed by atoms with Gasteiger partial charge in [-0.2, -0.15) is 8.42 Å². The number of hydrogen-bond donors (Lipinski definition) is 2. The molecule has 0 radical (unpaired) electrons. The highest BCUT2D eigenvalue weighted by molar-refractivity contribution is 7.81. The maximum absolute atomic E-state index is 12.7. The maximum atomic E-state index is 12.7. The molecule has 0 unspecified atom stereocenters. The maximum Gasteiger partial charge on any atom is 0.446 e. The van der Waals surface area contributed by atoms with Crippen LogP contribution in [0.3, 0.4) is 0 Å². The molecule has 0 aliphatic rings. The van der Waals surface area contributed by atoms with E-state index in [-0.39, 0.29) is 27.7 Å². The van der Waals surface area contributed by atoms with Crippen molar-refractivity contribution >= 4 is 27.1 Å². The van der Waals surface area contributed by atoms with E-state index in [2.05, 4.69) is 4.18 Å². The van der Waals surface area contributed by atoms with E-state index < -0.39 is 10.4 Å². The van der Waals surface area contributed by atoms with Gasteiger partial charge in [-0.3, -0.25) is 9.35 Å². The lowest BCUT2D eigenvalue weighted by atomic mass is 10.0. The molecule has 0 spiro atoms. The van der Waals surface area contributed by atoms with Gasteiger partial charge in [0.2, 0.25) is 5.43 Å². The van der Waals surface area contributed by atoms with E-state index in [1.54, 1.807) is 18.2 Å². The van der Waals surface area contributed by atoms with Crippen LogP contribution in [-0.4, -0.2) is 20.1 Å². The van der Waals surface area contributed by atoms with Crippen LogP contribution in [-0.2, 0) is 10.4 Å². The van der Waals surface area contributed by atoms with Crippen molar-refractivity contribution in [2.24, 2.45) is 0 Å². The lowest BCUT2D eigenvalue weighted by Gasteiger charge is -2.08. The topological polar surface area (TPSA) is 129 Å². The second-order valence-electron chi connectivity index (χ2n) is 5.10. The Morgan fingerprint density at radius 3 is 2.44 bits per heavy atom. The molecule has 0 fully saturated rings. The van der Waals surface area contributed by atoms with Crippen LogP contribution in [0.25, 0.3) is 22.1 Å². The standard InChI is InChI=1S/C16H13NO7S/c1-22-9-2-4-11(14(17)6-9)13-8-23-15-7-10(24-25(19,20)21)3-5-12(15)16(13)18/h2-8H,17H2,1H3,(H,19,20,21). The van der Waals surface area contributed by atoms with E-state index in [1.165, 1.54) is 31.6 Å². The molecule has 0 amide bonds. The average molecular weight is 363 g/mol. The highest BCUT2D eigenvalue weighted by Gasteiger charge is 2.14. The summed E-state index contributed by atoms with van der Waals surface area (Å²) in [6.45, 7) is 0. The Morgan fingerprint density at radius 1 is 1.08 bits per heavy atom. The Bertz CT molecular complexity index is 1120. The Hall–Kier alpha value is -3.04. The van der Waals surface area contributed by atoms with Gasteiger partial charge in [-0.25, -0.2) is 0 Å². The van der Waals surface area contributed by atoms with Crippen molar-refractivity contribution < 1.29 is 26.3 Å². The molecular weight excluding hydrogens is 350 g/mol. The molecule has 0 aliphatic carbocycles. The van der Waals surface area contributed by atoms with Gasteiger partial charge in [-0.15, -0.1) is 0 Å². The van der Waals surface area contributed by atoms with Gasteiger partial charge in [0.05, 0.1) is 18.1 Å². The molecular formula is C16H13NO7S. The normalized spacial score (nSPS) is 11.4. The van der Waals surface area contributed by atoms with Crippen LogP contribution < -0.4 is 20.1 Å². The summed E-state index contributed by atoms with van der Waals surface area (Å²) in [5.74, 6) is 0.369. The van der Waals surface area contributed by atoms with E-state index in [0.29, 0.717) is 17.0 Å². The highest BCUT2D eigenvalue weighted by Crippen LogP contribution is 2.29. The first-order chi connectivity index (χ1) is 11.8. The van der Waals surface area contributed by atoms with Crippen molar-refractivity contribution in [1.82, 2.24) is 0 Å². The monoisotopic (exact) mass is 363 g/mol. The third kappa shape index (κ3) is 3.42. The minimum absolute atomic E-state index is 0.0991. The number of nitrogens with two attached hydrogens (primary N) is 1. The predicted octanol–water partition coefficient (Wildman–Crippen LogP) is 2.23. The van der Waals surface area contributed by atoms with E-state index in [4.69, 9.17) is 19.4 Å². The fraction of sp³-hybridized carbons (Fsp3) is 0.0625. The number of methoxy groups -OCH3 is 1. The second kappa shape index (κ2) is 6.11. The van der Waals surface area contributed by atoms with Crippen molar-refractivity contribution in [2.75, 3.05) is 12.8 Å². The molecule has 2 aromatic carbocycles. The van der Waals surface area contributed by atoms with Gasteiger partial charge in [0.25, 0.3) is 0 Å². The van der Waals surface area contributed by atoms with Crippen LogP contribution in [0.1, 0.15) is 0 Å². The second-order valence-corrected chi connectivity index (χ2v) is 6.12. The average Bonchev–Trinajstić information content (AvgIpc) is 2.54. The highest BCUT2D eigenvalue weighted by atomic mass is 32.3. The molecule has 130 valence electrons. The number of ether oxygens (including phenoxy) is 1. The van der Waals surface area contributed by atoms with Crippen LogP contribution in [0.5, 0.6) is 11.5 Å². The molecule has 9 heteroatoms. The smallest absolute Gasteiger partial charge is 0.446 e. The molecule has 1 aromatic heterocycles. The van der Waals surface area contributed by atoms with Crippen LogP contribution in [0, 0.1) is 0 Å². The molecule has 8 nitrogen and oxygen atoms in total. The summed E-state index contributed by atoms with van der Waals surface area (Å²) in [7, 11) is -3.16. The third-order valence-corrected chi connectivity index (χ3v) is 3.90. The number of nitrogen functional groups attached to an aromatic ring is 1. The largest absolute Gasteiger partial charge is 0.497 e. The Labute approximate surface area is 142 Å². The zero-order valence-electron chi connectivity index (χ0n) is 12.9. The molecule has 3 N–H and O–H groups in total. The quantitative estimate of drug-likeness (QED) is 0.533. The predicted molar refractivity (Wildman–Crippen MR) is 91.1 cm³/mol. The van der Waals surface area contributed by atoms with E-state index in [1.807, 2.05) is 0 Å². The zero-order valence-corrected chi connectivity index (χ0v) is 13.7. The Morgan fingerprint density at radius 2 is 1.80 bits per heavy atom. The van der Waals surface area contributed by atoms with Crippen molar-refractivity contribution in [3.05, 3.63) is 52.9 Å². The molecule has 3 aromatic rings. The molecule has 0 bridgehead atoms. The SMILES string of the molecule is COc1ccc(-c2coc3cc(OS(=O)(=O)O)ccc3c2=O)c(N)c1. The number of fused-ring (bicyclic) bond motifs is 1. The lowest BCUT2D eigenvalue weighted by molar-refractivity contribution is 0.387. The van der Waals surface area contributed by atoms with Gasteiger partial charge in [0.1, 0.15) is 23.3 Å². The van der Waals surface area contributed by atoms with E-state index in [9.17, 15) is 13.2 Å². The summed E-state index contributed by atoms with van der Waals surface area (Å²) in [5.41, 5.74) is 6.78. The summed E-state index contributed by atoms with van der Waals surface area (Å²) >= 11 is 0. The van der Waals surface area contributed by atoms with Crippen molar-refractivity contribution in [3.8, 4) is 22.6 Å². The van der Waals surface area contributed by atoms with Crippen molar-refractivity contribution in [2.45, 2.75) is 0 Å². The summed E-state index contributed by atoms with van der Waals surface area (Å²) in [5, 5.41) is 0.204. The van der Waals surface area contributed by atoms with E-state index >= 15 is 0 Å². The summed E-state index contributed by atoms with van der Waals surface area (Å²) in [6, 6.07) is 8.65. The van der Waals surface area contributed by atoms with Crippen LogP contribution >= 0.6 is 0 Å². The fourth-order valence-electron chi connectivity index (χ4n) is 2.38. The summed E-state index contributed by atoms with van der Waals surface area (Å²) in [4.78, 5) is 12.7. The summed E-state index contributed by atoms with van der Waals surface area (Å²) in [6.07, 6.45) is 1.22. The Balaban J connectivity index is 2.12. The lowest BCUT2D eigenvalue weighted by Crippen LogP contribution is -2.08. The molecule has 0 atom stereocenters. The Kier molecular flexibility index (Phi) is 4.11. The number of anilines is 1. The van der Waals surface area contributed by atoms with Gasteiger partial charge in [-0.1, -0.05) is 0 Å². The molecule has 3 rings (SSSR count). The van der Waals surface area contributed by atoms with Gasteiger partial charge >= 0.3 is 10.4 Å². The number of benzene rings is 2. The first-order valence-corrected chi connectivity index (χ1v) is 8.31. The molecule has 25 heavy (non-hydrogen) atoms. The third-order valence-electron chi connectivity index (χ3n) is 3.50. The van der Waals surface area contributed by atoms with Gasteiger partial charge < -0.3 is 19.1 Å². The van der Waals surface area contributed by atoms with E-state index in [0.717, 1.165) is 0 Å². The van der Waals surface area contributed by atoms with Crippen molar-refractivity contribution in [1.29, 1.82) is 0 Å². The minimum Gasteiger partial charge on any atom is -0.497 e. The van der Waals surface area contributed by atoms with Gasteiger partial charge in [-0.05, 0) is 24.3 Å². The fourth-order valence-corrected chi connectivity index (χ4v) is 2.73. The summed E-state index contributed by atoms with van der Waals surface area (Å²) < 4.78 is 45.0. The van der Waals surface area contributed by atoms with Crippen LogP contribution in [0.15, 0.2) is 51.9 Å².